The maximum atomic E-state index is 5.13. The van der Waals surface area contributed by atoms with Crippen LogP contribution < -0.4 is 4.74 Å². The molecule has 0 aliphatic rings. The summed E-state index contributed by atoms with van der Waals surface area (Å²) in [5.74, 6) is 1.94. The van der Waals surface area contributed by atoms with Crippen LogP contribution in [0.15, 0.2) is 41.3 Å². The molecule has 0 bridgehead atoms. The normalized spacial score (nSPS) is 10.6. The average Bonchev–Trinajstić information content (AvgIpc) is 2.19. The molecule has 0 atom stereocenters. The van der Waals surface area contributed by atoms with Crippen molar-refractivity contribution in [2.45, 2.75) is 11.8 Å². The van der Waals surface area contributed by atoms with Gasteiger partial charge in [0.05, 0.1) is 7.11 Å². The van der Waals surface area contributed by atoms with Crippen LogP contribution in [0.5, 0.6) is 5.75 Å². The van der Waals surface area contributed by atoms with Gasteiger partial charge >= 0.3 is 0 Å². The molecule has 0 saturated carbocycles. The van der Waals surface area contributed by atoms with E-state index in [1.54, 1.807) is 7.11 Å². The molecule has 1 aromatic rings. The fraction of sp³-hybridized carbons (Fsp3) is 0.273. The number of benzene rings is 1. The number of rotatable bonds is 4. The van der Waals surface area contributed by atoms with Gasteiger partial charge in [-0.05, 0) is 25.1 Å². The van der Waals surface area contributed by atoms with Gasteiger partial charge in [-0.2, -0.15) is 0 Å². The molecule has 0 radical (unpaired) electrons. The van der Waals surface area contributed by atoms with E-state index in [2.05, 4.69) is 18.2 Å². The Morgan fingerprint density at radius 1 is 1.46 bits per heavy atom. The van der Waals surface area contributed by atoms with Crippen molar-refractivity contribution in [3.63, 3.8) is 0 Å². The Morgan fingerprint density at radius 2 is 2.31 bits per heavy atom. The van der Waals surface area contributed by atoms with Crippen molar-refractivity contribution in [2.75, 3.05) is 12.9 Å². The molecule has 0 amide bonds. The van der Waals surface area contributed by atoms with E-state index < -0.39 is 0 Å². The molecule has 1 rings (SSSR count). The SMILES string of the molecule is C/C=C/CSc1cccc(OC)c1. The first-order chi connectivity index (χ1) is 6.36. The summed E-state index contributed by atoms with van der Waals surface area (Å²) in [6, 6.07) is 8.11. The molecule has 0 unspecified atom stereocenters. The molecule has 0 heterocycles. The maximum Gasteiger partial charge on any atom is 0.119 e. The molecule has 1 nitrogen and oxygen atoms in total. The average molecular weight is 194 g/mol. The Bertz CT molecular complexity index is 281. The smallest absolute Gasteiger partial charge is 0.119 e. The largest absolute Gasteiger partial charge is 0.497 e. The van der Waals surface area contributed by atoms with Crippen molar-refractivity contribution >= 4 is 11.8 Å². The summed E-state index contributed by atoms with van der Waals surface area (Å²) in [4.78, 5) is 1.25. The first-order valence-corrected chi connectivity index (χ1v) is 5.23. The minimum absolute atomic E-state index is 0.922. The lowest BCUT2D eigenvalue weighted by Crippen LogP contribution is -1.82. The molecule has 0 N–H and O–H groups in total. The van der Waals surface area contributed by atoms with Crippen molar-refractivity contribution in [3.05, 3.63) is 36.4 Å². The summed E-state index contributed by atoms with van der Waals surface area (Å²) in [5.41, 5.74) is 0. The van der Waals surface area contributed by atoms with Crippen LogP contribution in [0.25, 0.3) is 0 Å². The predicted octanol–water partition coefficient (Wildman–Crippen LogP) is 3.36. The van der Waals surface area contributed by atoms with Gasteiger partial charge in [0.15, 0.2) is 0 Å². The highest BCUT2D eigenvalue weighted by Crippen LogP contribution is 2.22. The zero-order valence-electron chi connectivity index (χ0n) is 7.99. The first kappa shape index (κ1) is 10.2. The second-order valence-corrected chi connectivity index (χ2v) is 3.65. The van der Waals surface area contributed by atoms with Crippen LogP contribution in [0.2, 0.25) is 0 Å². The second-order valence-electron chi connectivity index (χ2n) is 2.56. The van der Waals surface area contributed by atoms with E-state index in [9.17, 15) is 0 Å². The van der Waals surface area contributed by atoms with Crippen LogP contribution in [0.1, 0.15) is 6.92 Å². The highest BCUT2D eigenvalue weighted by molar-refractivity contribution is 7.99. The van der Waals surface area contributed by atoms with Crippen LogP contribution in [0.3, 0.4) is 0 Å². The Balaban J connectivity index is 2.56. The van der Waals surface area contributed by atoms with E-state index in [0.717, 1.165) is 11.5 Å². The molecule has 0 spiro atoms. The van der Waals surface area contributed by atoms with E-state index >= 15 is 0 Å². The first-order valence-electron chi connectivity index (χ1n) is 4.25. The molecule has 0 aromatic heterocycles. The number of hydrogen-bond acceptors (Lipinski definition) is 2. The van der Waals surface area contributed by atoms with Crippen molar-refractivity contribution in [3.8, 4) is 5.75 Å². The van der Waals surface area contributed by atoms with Gasteiger partial charge in [0.1, 0.15) is 5.75 Å². The zero-order chi connectivity index (χ0) is 9.52. The molecule has 13 heavy (non-hydrogen) atoms. The van der Waals surface area contributed by atoms with Crippen molar-refractivity contribution < 1.29 is 4.74 Å². The van der Waals surface area contributed by atoms with Gasteiger partial charge in [-0.25, -0.2) is 0 Å². The summed E-state index contributed by atoms with van der Waals surface area (Å²) >= 11 is 1.81. The number of methoxy groups -OCH3 is 1. The van der Waals surface area contributed by atoms with Crippen LogP contribution in [0, 0.1) is 0 Å². The highest BCUT2D eigenvalue weighted by Gasteiger charge is 1.94. The number of allylic oxidation sites excluding steroid dienone is 1. The van der Waals surface area contributed by atoms with Crippen LogP contribution in [-0.2, 0) is 0 Å². The number of ether oxygens (including phenoxy) is 1. The second kappa shape index (κ2) is 5.70. The minimum atomic E-state index is 0.922. The molecule has 0 aliphatic heterocycles. The van der Waals surface area contributed by atoms with E-state index in [4.69, 9.17) is 4.74 Å². The number of thioether (sulfide) groups is 1. The topological polar surface area (TPSA) is 9.23 Å². The van der Waals surface area contributed by atoms with Gasteiger partial charge in [0.25, 0.3) is 0 Å². The van der Waals surface area contributed by atoms with E-state index in [-0.39, 0.29) is 0 Å². The standard InChI is InChI=1S/C11H14OS/c1-3-4-8-13-11-7-5-6-10(9-11)12-2/h3-7,9H,8H2,1-2H3/b4-3+. The lowest BCUT2D eigenvalue weighted by molar-refractivity contribution is 0.413. The lowest BCUT2D eigenvalue weighted by atomic mass is 10.3. The van der Waals surface area contributed by atoms with Gasteiger partial charge in [-0.1, -0.05) is 18.2 Å². The molecule has 2 heteroatoms. The third-order valence-corrected chi connectivity index (χ3v) is 2.57. The third kappa shape index (κ3) is 3.55. The molecule has 0 aliphatic carbocycles. The van der Waals surface area contributed by atoms with Crippen molar-refractivity contribution in [2.24, 2.45) is 0 Å². The lowest BCUT2D eigenvalue weighted by Gasteiger charge is -2.01. The van der Waals surface area contributed by atoms with E-state index in [1.165, 1.54) is 4.90 Å². The van der Waals surface area contributed by atoms with E-state index in [1.807, 2.05) is 36.9 Å². The van der Waals surface area contributed by atoms with Gasteiger partial charge in [-0.15, -0.1) is 11.8 Å². The summed E-state index contributed by atoms with van der Waals surface area (Å²) in [6.07, 6.45) is 4.21. The van der Waals surface area contributed by atoms with Crippen LogP contribution in [0.4, 0.5) is 0 Å². The zero-order valence-corrected chi connectivity index (χ0v) is 8.80. The highest BCUT2D eigenvalue weighted by atomic mass is 32.2. The monoisotopic (exact) mass is 194 g/mol. The van der Waals surface area contributed by atoms with Crippen molar-refractivity contribution in [1.29, 1.82) is 0 Å². The summed E-state index contributed by atoms with van der Waals surface area (Å²) in [6.45, 7) is 2.03. The summed E-state index contributed by atoms with van der Waals surface area (Å²) in [5, 5.41) is 0. The number of hydrogen-bond donors (Lipinski definition) is 0. The van der Waals surface area contributed by atoms with Crippen molar-refractivity contribution in [1.82, 2.24) is 0 Å². The molecule has 1 aromatic carbocycles. The Kier molecular flexibility index (Phi) is 4.47. The Hall–Kier alpha value is -0.890. The third-order valence-electron chi connectivity index (χ3n) is 1.62. The molecular formula is C11H14OS. The van der Waals surface area contributed by atoms with Gasteiger partial charge in [0, 0.05) is 10.6 Å². The molecule has 0 saturated heterocycles. The maximum absolute atomic E-state index is 5.13. The molecule has 0 fully saturated rings. The predicted molar refractivity (Wildman–Crippen MR) is 58.5 cm³/mol. The van der Waals surface area contributed by atoms with Gasteiger partial charge < -0.3 is 4.74 Å². The van der Waals surface area contributed by atoms with E-state index in [0.29, 0.717) is 0 Å². The van der Waals surface area contributed by atoms with Crippen LogP contribution >= 0.6 is 11.8 Å². The Morgan fingerprint density at radius 3 is 3.00 bits per heavy atom. The quantitative estimate of drug-likeness (QED) is 0.537. The van der Waals surface area contributed by atoms with Gasteiger partial charge in [-0.3, -0.25) is 0 Å². The minimum Gasteiger partial charge on any atom is -0.497 e. The molecule has 70 valence electrons. The summed E-state index contributed by atoms with van der Waals surface area (Å²) in [7, 11) is 1.69. The Labute approximate surface area is 83.8 Å². The fourth-order valence-electron chi connectivity index (χ4n) is 0.932. The summed E-state index contributed by atoms with van der Waals surface area (Å²) < 4.78 is 5.13. The molecular weight excluding hydrogens is 180 g/mol. The fourth-order valence-corrected chi connectivity index (χ4v) is 1.79. The van der Waals surface area contributed by atoms with Gasteiger partial charge in [0.2, 0.25) is 0 Å². The van der Waals surface area contributed by atoms with Crippen LogP contribution in [-0.4, -0.2) is 12.9 Å².